The maximum Gasteiger partial charge on any atom is 0.133 e. The Bertz CT molecular complexity index is 523. The fourth-order valence-corrected chi connectivity index (χ4v) is 1.80. The molecule has 0 radical (unpaired) electrons. The predicted octanol–water partition coefficient (Wildman–Crippen LogP) is 4.33. The molecule has 0 spiro atoms. The molecule has 1 heterocycles. The first-order valence-electron chi connectivity index (χ1n) is 4.35. The monoisotopic (exact) mass is 259 g/mol. The Morgan fingerprint density at radius 2 is 1.56 bits per heavy atom. The number of aromatic nitrogens is 1. The first-order valence-corrected chi connectivity index (χ1v) is 5.10. The highest BCUT2D eigenvalue weighted by Gasteiger charge is 2.08. The van der Waals surface area contributed by atoms with Crippen LogP contribution in [0.4, 0.5) is 8.78 Å². The van der Waals surface area contributed by atoms with Crippen LogP contribution in [-0.4, -0.2) is 4.98 Å². The number of benzene rings is 1. The van der Waals surface area contributed by atoms with Crippen molar-refractivity contribution in [1.29, 1.82) is 0 Å². The quantitative estimate of drug-likeness (QED) is 0.695. The lowest BCUT2D eigenvalue weighted by atomic mass is 10.1. The Kier molecular flexibility index (Phi) is 3.08. The van der Waals surface area contributed by atoms with Crippen molar-refractivity contribution in [2.45, 2.75) is 0 Å². The summed E-state index contributed by atoms with van der Waals surface area (Å²) in [6.45, 7) is 0. The van der Waals surface area contributed by atoms with Crippen LogP contribution in [0.1, 0.15) is 0 Å². The van der Waals surface area contributed by atoms with E-state index in [0.717, 1.165) is 6.07 Å². The Morgan fingerprint density at radius 3 is 2.12 bits per heavy atom. The minimum Gasteiger partial charge on any atom is -0.224 e. The van der Waals surface area contributed by atoms with Gasteiger partial charge in [0.1, 0.15) is 21.9 Å². The molecule has 1 aromatic heterocycles. The standard InChI is InChI=1S/C11H5Cl2F2N/c12-10-3-6(4-11(13)16-10)8-2-1-7(14)5-9(8)15/h1-5H. The molecule has 0 bridgehead atoms. The summed E-state index contributed by atoms with van der Waals surface area (Å²) in [5.41, 5.74) is 0.690. The Morgan fingerprint density at radius 1 is 0.938 bits per heavy atom. The van der Waals surface area contributed by atoms with Gasteiger partial charge in [0.25, 0.3) is 0 Å². The molecule has 0 aliphatic carbocycles. The van der Waals surface area contributed by atoms with Gasteiger partial charge in [0.2, 0.25) is 0 Å². The number of rotatable bonds is 1. The Balaban J connectivity index is 2.58. The summed E-state index contributed by atoms with van der Waals surface area (Å²) in [5.74, 6) is -1.30. The molecule has 82 valence electrons. The van der Waals surface area contributed by atoms with Crippen LogP contribution in [0.2, 0.25) is 10.3 Å². The summed E-state index contributed by atoms with van der Waals surface area (Å²) < 4.78 is 26.2. The topological polar surface area (TPSA) is 12.9 Å². The van der Waals surface area contributed by atoms with Crippen LogP contribution in [0.25, 0.3) is 11.1 Å². The van der Waals surface area contributed by atoms with E-state index < -0.39 is 11.6 Å². The Hall–Kier alpha value is -1.19. The zero-order chi connectivity index (χ0) is 11.7. The zero-order valence-corrected chi connectivity index (χ0v) is 9.36. The number of halogens is 4. The van der Waals surface area contributed by atoms with Crippen molar-refractivity contribution >= 4 is 23.2 Å². The van der Waals surface area contributed by atoms with Gasteiger partial charge < -0.3 is 0 Å². The van der Waals surface area contributed by atoms with Crippen LogP contribution in [0.3, 0.4) is 0 Å². The van der Waals surface area contributed by atoms with E-state index in [4.69, 9.17) is 23.2 Å². The van der Waals surface area contributed by atoms with Gasteiger partial charge in [-0.2, -0.15) is 0 Å². The van der Waals surface area contributed by atoms with E-state index in [1.165, 1.54) is 24.3 Å². The van der Waals surface area contributed by atoms with Gasteiger partial charge in [-0.25, -0.2) is 13.8 Å². The highest BCUT2D eigenvalue weighted by molar-refractivity contribution is 6.32. The molecule has 2 aromatic rings. The highest BCUT2D eigenvalue weighted by Crippen LogP contribution is 2.27. The van der Waals surface area contributed by atoms with Gasteiger partial charge in [0.05, 0.1) is 0 Å². The first kappa shape index (κ1) is 11.3. The summed E-state index contributed by atoms with van der Waals surface area (Å²) in [7, 11) is 0. The van der Waals surface area contributed by atoms with E-state index in [1.54, 1.807) is 0 Å². The molecule has 1 aromatic carbocycles. The largest absolute Gasteiger partial charge is 0.224 e. The van der Waals surface area contributed by atoms with E-state index in [2.05, 4.69) is 4.98 Å². The lowest BCUT2D eigenvalue weighted by Gasteiger charge is -2.04. The number of hydrogen-bond acceptors (Lipinski definition) is 1. The van der Waals surface area contributed by atoms with Gasteiger partial charge >= 0.3 is 0 Å². The van der Waals surface area contributed by atoms with E-state index in [0.29, 0.717) is 5.56 Å². The molecule has 0 fully saturated rings. The average Bonchev–Trinajstić information content (AvgIpc) is 2.15. The fourth-order valence-electron chi connectivity index (χ4n) is 1.34. The van der Waals surface area contributed by atoms with Gasteiger partial charge in [0.15, 0.2) is 0 Å². The summed E-state index contributed by atoms with van der Waals surface area (Å²) in [4.78, 5) is 3.74. The van der Waals surface area contributed by atoms with Gasteiger partial charge in [-0.3, -0.25) is 0 Å². The van der Waals surface area contributed by atoms with Crippen molar-refractivity contribution in [1.82, 2.24) is 4.98 Å². The van der Waals surface area contributed by atoms with E-state index >= 15 is 0 Å². The molecule has 0 saturated carbocycles. The third kappa shape index (κ3) is 2.31. The van der Waals surface area contributed by atoms with Crippen LogP contribution in [-0.2, 0) is 0 Å². The van der Waals surface area contributed by atoms with Gasteiger partial charge in [0, 0.05) is 11.6 Å². The van der Waals surface area contributed by atoms with Crippen LogP contribution >= 0.6 is 23.2 Å². The minimum absolute atomic E-state index is 0.159. The number of nitrogens with zero attached hydrogens (tertiary/aromatic N) is 1. The molecule has 2 rings (SSSR count). The fraction of sp³-hybridized carbons (Fsp3) is 0. The van der Waals surface area contributed by atoms with Crippen LogP contribution in [0.5, 0.6) is 0 Å². The molecule has 0 amide bonds. The van der Waals surface area contributed by atoms with Crippen molar-refractivity contribution in [3.8, 4) is 11.1 Å². The summed E-state index contributed by atoms with van der Waals surface area (Å²) in [6, 6.07) is 6.22. The number of pyridine rings is 1. The minimum atomic E-state index is -0.668. The second-order valence-corrected chi connectivity index (χ2v) is 3.90. The smallest absolute Gasteiger partial charge is 0.133 e. The lowest BCUT2D eigenvalue weighted by Crippen LogP contribution is -1.88. The maximum atomic E-state index is 13.5. The van der Waals surface area contributed by atoms with Gasteiger partial charge in [-0.1, -0.05) is 23.2 Å². The van der Waals surface area contributed by atoms with Crippen molar-refractivity contribution in [2.24, 2.45) is 0 Å². The van der Waals surface area contributed by atoms with Crippen molar-refractivity contribution < 1.29 is 8.78 Å². The van der Waals surface area contributed by atoms with E-state index in [1.807, 2.05) is 0 Å². The van der Waals surface area contributed by atoms with E-state index in [-0.39, 0.29) is 15.9 Å². The molecule has 0 atom stereocenters. The van der Waals surface area contributed by atoms with Crippen molar-refractivity contribution in [3.05, 3.63) is 52.3 Å². The molecule has 0 aliphatic rings. The molecular formula is C11H5Cl2F2N. The van der Waals surface area contributed by atoms with E-state index in [9.17, 15) is 8.78 Å². The molecule has 0 unspecified atom stereocenters. The summed E-state index contributed by atoms with van der Waals surface area (Å²) in [5, 5.41) is 0.317. The van der Waals surface area contributed by atoms with Crippen LogP contribution in [0, 0.1) is 11.6 Å². The summed E-state index contributed by atoms with van der Waals surface area (Å²) >= 11 is 11.4. The number of hydrogen-bond donors (Lipinski definition) is 0. The average molecular weight is 260 g/mol. The highest BCUT2D eigenvalue weighted by atomic mass is 35.5. The maximum absolute atomic E-state index is 13.5. The SMILES string of the molecule is Fc1ccc(-c2cc(Cl)nc(Cl)c2)c(F)c1. The van der Waals surface area contributed by atoms with Crippen LogP contribution < -0.4 is 0 Å². The molecule has 0 saturated heterocycles. The molecule has 5 heteroatoms. The third-order valence-electron chi connectivity index (χ3n) is 2.00. The first-order chi connectivity index (χ1) is 7.56. The lowest BCUT2D eigenvalue weighted by molar-refractivity contribution is 0.585. The molecular weight excluding hydrogens is 255 g/mol. The Labute approximate surface area is 101 Å². The molecule has 16 heavy (non-hydrogen) atoms. The van der Waals surface area contributed by atoms with Crippen molar-refractivity contribution in [2.75, 3.05) is 0 Å². The third-order valence-corrected chi connectivity index (χ3v) is 2.39. The van der Waals surface area contributed by atoms with Gasteiger partial charge in [-0.15, -0.1) is 0 Å². The molecule has 0 aliphatic heterocycles. The van der Waals surface area contributed by atoms with Crippen LogP contribution in [0.15, 0.2) is 30.3 Å². The second-order valence-electron chi connectivity index (χ2n) is 3.13. The zero-order valence-electron chi connectivity index (χ0n) is 7.85. The molecule has 0 N–H and O–H groups in total. The normalized spacial score (nSPS) is 10.5. The van der Waals surface area contributed by atoms with Crippen molar-refractivity contribution in [3.63, 3.8) is 0 Å². The predicted molar refractivity (Wildman–Crippen MR) is 59.6 cm³/mol. The summed E-state index contributed by atoms with van der Waals surface area (Å²) in [6.07, 6.45) is 0. The van der Waals surface area contributed by atoms with Gasteiger partial charge in [-0.05, 0) is 29.8 Å². The molecule has 1 nitrogen and oxygen atoms in total. The second kappa shape index (κ2) is 4.36.